The molecule has 1 saturated heterocycles. The highest BCUT2D eigenvalue weighted by Gasteiger charge is 2.46. The number of carbonyl (C=O) groups is 1. The molecule has 1 fully saturated rings. The number of hydrogen-bond donors (Lipinski definition) is 0. The van der Waals surface area contributed by atoms with Crippen LogP contribution in [0.25, 0.3) is 10.8 Å². The molecule has 1 unspecified atom stereocenters. The van der Waals surface area contributed by atoms with E-state index < -0.39 is 26.9 Å². The summed E-state index contributed by atoms with van der Waals surface area (Å²) in [5, 5.41) is 0.745. The molecule has 1 atom stereocenters. The third-order valence-electron chi connectivity index (χ3n) is 5.15. The van der Waals surface area contributed by atoms with Crippen LogP contribution in [-0.2, 0) is 14.6 Å². The lowest BCUT2D eigenvalue weighted by molar-refractivity contribution is -0.115. The normalized spacial score (nSPS) is 17.9. The summed E-state index contributed by atoms with van der Waals surface area (Å²) in [5.41, 5.74) is 0.877. The van der Waals surface area contributed by atoms with Gasteiger partial charge in [-0.2, -0.15) is 0 Å². The summed E-state index contributed by atoms with van der Waals surface area (Å²) >= 11 is 0. The van der Waals surface area contributed by atoms with E-state index in [4.69, 9.17) is 14.2 Å². The number of ether oxygens (including phenoxy) is 3. The number of benzene rings is 3. The maximum atomic E-state index is 13.0. The molecule has 4 rings (SSSR count). The summed E-state index contributed by atoms with van der Waals surface area (Å²) in [7, 11) is 0.654. The Balaban J connectivity index is 1.90. The molecule has 30 heavy (non-hydrogen) atoms. The first-order valence-electron chi connectivity index (χ1n) is 9.22. The molecule has 1 amide bonds. The molecule has 0 spiro atoms. The van der Waals surface area contributed by atoms with E-state index >= 15 is 0 Å². The Hall–Kier alpha value is -3.26. The van der Waals surface area contributed by atoms with E-state index in [1.165, 1.54) is 26.2 Å². The number of carbonyl (C=O) groups excluding carboxylic acids is 1. The van der Waals surface area contributed by atoms with Gasteiger partial charge in [0.15, 0.2) is 26.7 Å². The number of rotatable bonds is 5. The average molecular weight is 427 g/mol. The second-order valence-corrected chi connectivity index (χ2v) is 8.97. The molecule has 7 nitrogen and oxygen atoms in total. The summed E-state index contributed by atoms with van der Waals surface area (Å²) in [6.45, 7) is 0. The summed E-state index contributed by atoms with van der Waals surface area (Å²) in [4.78, 5) is 14.1. The van der Waals surface area contributed by atoms with Crippen LogP contribution < -0.4 is 19.1 Å². The minimum Gasteiger partial charge on any atom is -0.493 e. The third kappa shape index (κ3) is 3.23. The molecule has 1 heterocycles. The molecule has 0 bridgehead atoms. The summed E-state index contributed by atoms with van der Waals surface area (Å²) in [5.74, 6) is -0.0494. The molecule has 1 aliphatic rings. The molecule has 0 aromatic heterocycles. The molecular weight excluding hydrogens is 406 g/mol. The lowest BCUT2D eigenvalue weighted by atomic mass is 10.1. The van der Waals surface area contributed by atoms with Crippen LogP contribution in [0, 0.1) is 0 Å². The van der Waals surface area contributed by atoms with Crippen LogP contribution in [0.5, 0.6) is 17.2 Å². The van der Waals surface area contributed by atoms with E-state index in [9.17, 15) is 13.2 Å². The summed E-state index contributed by atoms with van der Waals surface area (Å²) in [6.07, 6.45) is 0. The van der Waals surface area contributed by atoms with Crippen molar-refractivity contribution in [1.82, 2.24) is 0 Å². The van der Waals surface area contributed by atoms with Gasteiger partial charge in [-0.15, -0.1) is 0 Å². The predicted molar refractivity (Wildman–Crippen MR) is 114 cm³/mol. The lowest BCUT2D eigenvalue weighted by Gasteiger charge is -2.25. The molecule has 1 aliphatic heterocycles. The smallest absolute Gasteiger partial charge is 0.243 e. The highest BCUT2D eigenvalue weighted by molar-refractivity contribution is 7.93. The Kier molecular flexibility index (Phi) is 5.03. The average Bonchev–Trinajstić information content (AvgIpc) is 3.00. The molecule has 0 saturated carbocycles. The van der Waals surface area contributed by atoms with Crippen molar-refractivity contribution in [3.05, 3.63) is 60.2 Å². The number of anilines is 1. The lowest BCUT2D eigenvalue weighted by Crippen LogP contribution is -2.29. The van der Waals surface area contributed by atoms with Crippen LogP contribution in [0.1, 0.15) is 10.9 Å². The zero-order valence-corrected chi connectivity index (χ0v) is 17.6. The number of methoxy groups -OCH3 is 3. The number of fused-ring (bicyclic) bond motifs is 1. The van der Waals surface area contributed by atoms with Crippen molar-refractivity contribution in [2.75, 3.05) is 32.0 Å². The largest absolute Gasteiger partial charge is 0.493 e. The van der Waals surface area contributed by atoms with Crippen LogP contribution in [0.4, 0.5) is 5.69 Å². The maximum Gasteiger partial charge on any atom is 0.243 e. The van der Waals surface area contributed by atoms with Crippen LogP contribution in [0.3, 0.4) is 0 Å². The van der Waals surface area contributed by atoms with E-state index in [0.29, 0.717) is 28.5 Å². The van der Waals surface area contributed by atoms with Gasteiger partial charge in [-0.05, 0) is 22.4 Å². The van der Waals surface area contributed by atoms with E-state index in [2.05, 4.69) is 0 Å². The second kappa shape index (κ2) is 7.53. The van der Waals surface area contributed by atoms with Crippen molar-refractivity contribution in [3.63, 3.8) is 0 Å². The molecule has 3 aromatic rings. The van der Waals surface area contributed by atoms with Crippen molar-refractivity contribution in [2.24, 2.45) is 0 Å². The molecule has 0 aliphatic carbocycles. The highest BCUT2D eigenvalue weighted by atomic mass is 32.2. The number of sulfone groups is 1. The number of hydrogen-bond acceptors (Lipinski definition) is 6. The van der Waals surface area contributed by atoms with Gasteiger partial charge in [-0.25, -0.2) is 8.42 Å². The van der Waals surface area contributed by atoms with Gasteiger partial charge in [0.25, 0.3) is 0 Å². The Morgan fingerprint density at radius 3 is 2.10 bits per heavy atom. The van der Waals surface area contributed by atoms with Gasteiger partial charge in [-0.3, -0.25) is 9.69 Å². The summed E-state index contributed by atoms with van der Waals surface area (Å²) in [6, 6.07) is 16.2. The third-order valence-corrected chi connectivity index (χ3v) is 6.97. The standard InChI is InChI=1S/C22H21NO6S/c1-27-18-11-17(12-19(28-2)21(18)29-3)23-20(24)13-30(25,26)22(23)16-9-8-14-6-4-5-7-15(14)10-16/h4-12,22H,13H2,1-3H3. The molecule has 0 N–H and O–H groups in total. The molecule has 0 radical (unpaired) electrons. The van der Waals surface area contributed by atoms with Crippen molar-refractivity contribution in [3.8, 4) is 17.2 Å². The molecular formula is C22H21NO6S. The van der Waals surface area contributed by atoms with Crippen molar-refractivity contribution >= 4 is 32.2 Å². The number of amides is 1. The maximum absolute atomic E-state index is 13.0. The van der Waals surface area contributed by atoms with Crippen LogP contribution >= 0.6 is 0 Å². The van der Waals surface area contributed by atoms with Crippen LogP contribution in [-0.4, -0.2) is 41.4 Å². The zero-order valence-electron chi connectivity index (χ0n) is 16.8. The van der Waals surface area contributed by atoms with Gasteiger partial charge in [0, 0.05) is 12.1 Å². The Morgan fingerprint density at radius 1 is 0.867 bits per heavy atom. The monoisotopic (exact) mass is 427 g/mol. The van der Waals surface area contributed by atoms with Gasteiger partial charge in [0.2, 0.25) is 11.7 Å². The van der Waals surface area contributed by atoms with E-state index in [1.807, 2.05) is 30.3 Å². The van der Waals surface area contributed by atoms with Crippen molar-refractivity contribution in [2.45, 2.75) is 5.37 Å². The molecule has 156 valence electrons. The molecule has 8 heteroatoms. The Labute approximate surface area is 174 Å². The number of nitrogens with zero attached hydrogens (tertiary/aromatic N) is 1. The fraction of sp³-hybridized carbons (Fsp3) is 0.227. The minimum atomic E-state index is -3.75. The van der Waals surface area contributed by atoms with Gasteiger partial charge in [0.05, 0.1) is 27.0 Å². The SMILES string of the molecule is COc1cc(N2C(=O)CS(=O)(=O)C2c2ccc3ccccc3c2)cc(OC)c1OC. The van der Waals surface area contributed by atoms with Crippen LogP contribution in [0.2, 0.25) is 0 Å². The van der Waals surface area contributed by atoms with Crippen molar-refractivity contribution < 1.29 is 27.4 Å². The zero-order chi connectivity index (χ0) is 21.5. The van der Waals surface area contributed by atoms with Crippen LogP contribution in [0.15, 0.2) is 54.6 Å². The Bertz CT molecular complexity index is 1210. The summed E-state index contributed by atoms with van der Waals surface area (Å²) < 4.78 is 42.0. The van der Waals surface area contributed by atoms with E-state index in [-0.39, 0.29) is 0 Å². The van der Waals surface area contributed by atoms with Gasteiger partial charge < -0.3 is 14.2 Å². The van der Waals surface area contributed by atoms with E-state index in [1.54, 1.807) is 24.3 Å². The Morgan fingerprint density at radius 2 is 1.50 bits per heavy atom. The first-order chi connectivity index (χ1) is 14.4. The molecule has 3 aromatic carbocycles. The van der Waals surface area contributed by atoms with Gasteiger partial charge >= 0.3 is 0 Å². The highest BCUT2D eigenvalue weighted by Crippen LogP contribution is 2.45. The van der Waals surface area contributed by atoms with Gasteiger partial charge in [0.1, 0.15) is 5.75 Å². The van der Waals surface area contributed by atoms with Crippen molar-refractivity contribution in [1.29, 1.82) is 0 Å². The fourth-order valence-corrected chi connectivity index (χ4v) is 5.58. The fourth-order valence-electron chi connectivity index (χ4n) is 3.82. The quantitative estimate of drug-likeness (QED) is 0.621. The second-order valence-electron chi connectivity index (χ2n) is 6.91. The van der Waals surface area contributed by atoms with Gasteiger partial charge in [-0.1, -0.05) is 36.4 Å². The van der Waals surface area contributed by atoms with E-state index in [0.717, 1.165) is 10.8 Å². The topological polar surface area (TPSA) is 82.1 Å². The minimum absolute atomic E-state index is 0.334. The predicted octanol–water partition coefficient (Wildman–Crippen LogP) is 3.33. The first kappa shape index (κ1) is 20.0. The first-order valence-corrected chi connectivity index (χ1v) is 10.9.